The Balaban J connectivity index is 2.49. The molecule has 0 atom stereocenters. The van der Waals surface area contributed by atoms with Crippen molar-refractivity contribution in [3.05, 3.63) is 29.3 Å². The molecule has 0 unspecified atom stereocenters. The van der Waals surface area contributed by atoms with Crippen LogP contribution in [0.2, 0.25) is 0 Å². The van der Waals surface area contributed by atoms with Crippen molar-refractivity contribution in [1.82, 2.24) is 0 Å². The maximum Gasteiger partial charge on any atom is 0.167 e. The van der Waals surface area contributed by atoms with Crippen molar-refractivity contribution in [3.8, 4) is 5.75 Å². The van der Waals surface area contributed by atoms with E-state index < -0.39 is 17.4 Å². The Kier molecular flexibility index (Phi) is 1.96. The van der Waals surface area contributed by atoms with Gasteiger partial charge in [0.05, 0.1) is 0 Å². The molecule has 0 amide bonds. The number of hydrogen-bond acceptors (Lipinski definition) is 2. The van der Waals surface area contributed by atoms with Crippen LogP contribution < -0.4 is 5.73 Å². The number of benzene rings is 1. The van der Waals surface area contributed by atoms with E-state index in [1.165, 1.54) is 0 Å². The molecule has 1 aliphatic rings. The second-order valence-corrected chi connectivity index (χ2v) is 3.77. The highest BCUT2D eigenvalue weighted by atomic mass is 19.1. The first kappa shape index (κ1) is 9.40. The summed E-state index contributed by atoms with van der Waals surface area (Å²) in [5.74, 6) is -2.07. The predicted octanol–water partition coefficient (Wildman–Crippen LogP) is 1.66. The number of halogens is 2. The minimum Gasteiger partial charge on any atom is -0.505 e. The molecule has 1 aromatic carbocycles. The summed E-state index contributed by atoms with van der Waals surface area (Å²) < 4.78 is 26.1. The fourth-order valence-electron chi connectivity index (χ4n) is 1.68. The van der Waals surface area contributed by atoms with Gasteiger partial charge in [-0.15, -0.1) is 0 Å². The monoisotopic (exact) mass is 199 g/mol. The lowest BCUT2D eigenvalue weighted by Crippen LogP contribution is -2.21. The van der Waals surface area contributed by atoms with E-state index in [1.807, 2.05) is 0 Å². The summed E-state index contributed by atoms with van der Waals surface area (Å²) in [6.45, 7) is 0.328. The summed E-state index contributed by atoms with van der Waals surface area (Å²) in [5, 5.41) is 9.13. The lowest BCUT2D eigenvalue weighted by molar-refractivity contribution is 0.423. The highest BCUT2D eigenvalue weighted by Gasteiger charge is 2.45. The van der Waals surface area contributed by atoms with Gasteiger partial charge < -0.3 is 10.8 Å². The summed E-state index contributed by atoms with van der Waals surface area (Å²) in [5.41, 5.74) is 5.48. The van der Waals surface area contributed by atoms with Gasteiger partial charge in [-0.1, -0.05) is 0 Å². The number of phenolic OH excluding ortho intramolecular Hbond substituents is 1. The van der Waals surface area contributed by atoms with Crippen LogP contribution in [0.5, 0.6) is 5.75 Å². The van der Waals surface area contributed by atoms with E-state index in [1.54, 1.807) is 0 Å². The van der Waals surface area contributed by atoms with Gasteiger partial charge >= 0.3 is 0 Å². The van der Waals surface area contributed by atoms with Gasteiger partial charge in [-0.25, -0.2) is 8.78 Å². The van der Waals surface area contributed by atoms with Crippen molar-refractivity contribution in [2.24, 2.45) is 5.73 Å². The van der Waals surface area contributed by atoms with E-state index in [0.717, 1.165) is 18.9 Å². The molecule has 3 N–H and O–H groups in total. The Hall–Kier alpha value is -1.16. The average Bonchev–Trinajstić information content (AvgIpc) is 2.92. The van der Waals surface area contributed by atoms with Gasteiger partial charge in [-0.2, -0.15) is 0 Å². The fourth-order valence-corrected chi connectivity index (χ4v) is 1.68. The molecular formula is C10H11F2NO. The maximum absolute atomic E-state index is 13.3. The smallest absolute Gasteiger partial charge is 0.167 e. The number of hydrogen-bond donors (Lipinski definition) is 2. The largest absolute Gasteiger partial charge is 0.505 e. The summed E-state index contributed by atoms with van der Waals surface area (Å²) in [6.07, 6.45) is 1.59. The molecule has 4 heteroatoms. The van der Waals surface area contributed by atoms with Gasteiger partial charge in [-0.05, 0) is 24.5 Å². The van der Waals surface area contributed by atoms with Crippen LogP contribution in [0.1, 0.15) is 18.4 Å². The van der Waals surface area contributed by atoms with Crippen LogP contribution in [-0.4, -0.2) is 11.7 Å². The first-order valence-electron chi connectivity index (χ1n) is 4.48. The average molecular weight is 199 g/mol. The Labute approximate surface area is 80.4 Å². The van der Waals surface area contributed by atoms with E-state index in [9.17, 15) is 8.78 Å². The van der Waals surface area contributed by atoms with Crippen LogP contribution in [0.4, 0.5) is 8.78 Å². The normalized spacial score (nSPS) is 18.2. The summed E-state index contributed by atoms with van der Waals surface area (Å²) in [7, 11) is 0. The van der Waals surface area contributed by atoms with E-state index in [2.05, 4.69) is 0 Å². The second-order valence-electron chi connectivity index (χ2n) is 3.77. The van der Waals surface area contributed by atoms with Crippen LogP contribution in [0, 0.1) is 11.6 Å². The van der Waals surface area contributed by atoms with Gasteiger partial charge in [0.1, 0.15) is 5.82 Å². The Morgan fingerprint density at radius 1 is 1.29 bits per heavy atom. The van der Waals surface area contributed by atoms with Crippen LogP contribution in [0.3, 0.4) is 0 Å². The quantitative estimate of drug-likeness (QED) is 0.760. The first-order valence-corrected chi connectivity index (χ1v) is 4.48. The molecule has 1 fully saturated rings. The lowest BCUT2D eigenvalue weighted by Gasteiger charge is -2.14. The van der Waals surface area contributed by atoms with Gasteiger partial charge in [0.25, 0.3) is 0 Å². The van der Waals surface area contributed by atoms with Crippen LogP contribution in [0.25, 0.3) is 0 Å². The van der Waals surface area contributed by atoms with Crippen LogP contribution in [0.15, 0.2) is 12.1 Å². The molecule has 14 heavy (non-hydrogen) atoms. The van der Waals surface area contributed by atoms with E-state index in [4.69, 9.17) is 10.8 Å². The topological polar surface area (TPSA) is 46.2 Å². The number of phenols is 1. The van der Waals surface area contributed by atoms with Crippen LogP contribution >= 0.6 is 0 Å². The lowest BCUT2D eigenvalue weighted by atomic mass is 9.95. The Morgan fingerprint density at radius 2 is 1.93 bits per heavy atom. The molecule has 0 heterocycles. The minimum absolute atomic E-state index is 0.328. The molecule has 1 saturated carbocycles. The van der Waals surface area contributed by atoms with Gasteiger partial charge in [0, 0.05) is 18.0 Å². The maximum atomic E-state index is 13.3. The predicted molar refractivity (Wildman–Crippen MR) is 48.0 cm³/mol. The number of rotatable bonds is 2. The molecule has 0 saturated heterocycles. The molecule has 2 rings (SSSR count). The first-order chi connectivity index (χ1) is 6.59. The van der Waals surface area contributed by atoms with E-state index >= 15 is 0 Å². The zero-order valence-electron chi connectivity index (χ0n) is 7.56. The molecule has 0 bridgehead atoms. The van der Waals surface area contributed by atoms with Crippen molar-refractivity contribution in [3.63, 3.8) is 0 Å². The molecule has 0 aromatic heterocycles. The standard InChI is InChI=1S/C10H11F2NO/c11-7-4-8(12)9(14)3-6(7)10(5-13)1-2-10/h3-4,14H,1-2,5,13H2. The Morgan fingerprint density at radius 3 is 2.43 bits per heavy atom. The zero-order chi connectivity index (χ0) is 10.3. The molecule has 0 aliphatic heterocycles. The Bertz CT molecular complexity index is 375. The number of nitrogens with two attached hydrogens (primary N) is 1. The minimum atomic E-state index is -0.931. The van der Waals surface area contributed by atoms with Crippen molar-refractivity contribution >= 4 is 0 Å². The van der Waals surface area contributed by atoms with E-state index in [0.29, 0.717) is 18.2 Å². The van der Waals surface area contributed by atoms with Gasteiger partial charge in [-0.3, -0.25) is 0 Å². The highest BCUT2D eigenvalue weighted by molar-refractivity contribution is 5.39. The third-order valence-corrected chi connectivity index (χ3v) is 2.85. The van der Waals surface area contributed by atoms with Crippen molar-refractivity contribution in [1.29, 1.82) is 0 Å². The molecular weight excluding hydrogens is 188 g/mol. The third-order valence-electron chi connectivity index (χ3n) is 2.85. The number of aromatic hydroxyl groups is 1. The highest BCUT2D eigenvalue weighted by Crippen LogP contribution is 2.49. The van der Waals surface area contributed by atoms with Gasteiger partial charge in [0.2, 0.25) is 0 Å². The van der Waals surface area contributed by atoms with Crippen molar-refractivity contribution < 1.29 is 13.9 Å². The van der Waals surface area contributed by atoms with Crippen LogP contribution in [-0.2, 0) is 5.41 Å². The van der Waals surface area contributed by atoms with E-state index in [-0.39, 0.29) is 5.41 Å². The molecule has 1 aromatic rings. The third kappa shape index (κ3) is 1.26. The molecule has 0 radical (unpaired) electrons. The summed E-state index contributed by atoms with van der Waals surface area (Å²) >= 11 is 0. The molecule has 1 aliphatic carbocycles. The summed E-state index contributed by atoms with van der Waals surface area (Å²) in [4.78, 5) is 0. The van der Waals surface area contributed by atoms with Crippen molar-refractivity contribution in [2.75, 3.05) is 6.54 Å². The summed E-state index contributed by atoms with van der Waals surface area (Å²) in [6, 6.07) is 1.85. The second kappa shape index (κ2) is 2.92. The molecule has 76 valence electrons. The van der Waals surface area contributed by atoms with Gasteiger partial charge in [0.15, 0.2) is 11.6 Å². The van der Waals surface area contributed by atoms with Crippen molar-refractivity contribution in [2.45, 2.75) is 18.3 Å². The SMILES string of the molecule is NCC1(c2cc(O)c(F)cc2F)CC1. The fraction of sp³-hybridized carbons (Fsp3) is 0.400. The molecule has 0 spiro atoms. The zero-order valence-corrected chi connectivity index (χ0v) is 7.56. The molecule has 2 nitrogen and oxygen atoms in total.